The van der Waals surface area contributed by atoms with Gasteiger partial charge in [0, 0.05) is 18.5 Å². The smallest absolute Gasteiger partial charge is 0.255 e. The van der Waals surface area contributed by atoms with Crippen LogP contribution < -0.4 is 22.5 Å². The van der Waals surface area contributed by atoms with Gasteiger partial charge in [0.15, 0.2) is 5.96 Å². The highest BCUT2D eigenvalue weighted by Gasteiger charge is 2.36. The van der Waals surface area contributed by atoms with Crippen molar-refractivity contribution in [2.24, 2.45) is 22.2 Å². The van der Waals surface area contributed by atoms with Gasteiger partial charge in [0.2, 0.25) is 11.8 Å². The Labute approximate surface area is 185 Å². The predicted molar refractivity (Wildman–Crippen MR) is 121 cm³/mol. The average Bonchev–Trinajstić information content (AvgIpc) is 3.26. The van der Waals surface area contributed by atoms with Crippen LogP contribution in [0, 0.1) is 0 Å². The number of fused-ring (bicyclic) bond motifs is 1. The minimum Gasteiger partial charge on any atom is -0.506 e. The Hall–Kier alpha value is -3.82. The molecule has 3 amide bonds. The van der Waals surface area contributed by atoms with Gasteiger partial charge in [-0.1, -0.05) is 30.3 Å². The van der Waals surface area contributed by atoms with Gasteiger partial charge in [0.05, 0.1) is 5.56 Å². The number of phenolic OH excluding ortho intramolecular Hbond substituents is 1. The number of hydrogen-bond donors (Lipinski definition) is 5. The van der Waals surface area contributed by atoms with Gasteiger partial charge in [-0.15, -0.1) is 0 Å². The maximum atomic E-state index is 13.2. The number of nitrogens with two attached hydrogens (primary N) is 3. The molecule has 0 spiro atoms. The summed E-state index contributed by atoms with van der Waals surface area (Å²) in [5.74, 6) is -1.80. The number of rotatable bonds is 8. The minimum atomic E-state index is -0.928. The van der Waals surface area contributed by atoms with Gasteiger partial charge in [-0.2, -0.15) is 0 Å². The van der Waals surface area contributed by atoms with E-state index in [1.165, 1.54) is 11.0 Å². The van der Waals surface area contributed by atoms with Crippen molar-refractivity contribution in [3.05, 3.63) is 42.0 Å². The second-order valence-electron chi connectivity index (χ2n) is 7.75. The number of aromatic hydroxyl groups is 1. The van der Waals surface area contributed by atoms with E-state index in [4.69, 9.17) is 17.2 Å². The number of aliphatic imine (C=N–C) groups is 1. The Morgan fingerprint density at radius 3 is 2.62 bits per heavy atom. The molecule has 10 nitrogen and oxygen atoms in total. The summed E-state index contributed by atoms with van der Waals surface area (Å²) in [4.78, 5) is 43.3. The third-order valence-corrected chi connectivity index (χ3v) is 5.56. The molecule has 0 saturated carbocycles. The molecule has 0 aromatic heterocycles. The van der Waals surface area contributed by atoms with Crippen molar-refractivity contribution in [1.29, 1.82) is 0 Å². The summed E-state index contributed by atoms with van der Waals surface area (Å²) in [6.45, 7) is 0.663. The standard InChI is InChI=1S/C22H28N6O4/c23-19(30)17-8-4-12-28(17)21(32)16(7-3-11-26-22(24)25)27-20(31)15-10-9-13-5-1-2-6-14(13)18(15)29/h1-2,5-6,9-10,16-17,29H,3-4,7-8,11-12H2,(H2,23,30)(H,27,31)(H4,24,25,26)/t16-,17-/m1/s1. The van der Waals surface area contributed by atoms with Crippen LogP contribution in [0.25, 0.3) is 10.8 Å². The van der Waals surface area contributed by atoms with Crippen LogP contribution in [0.4, 0.5) is 0 Å². The fourth-order valence-electron chi connectivity index (χ4n) is 3.96. The lowest BCUT2D eigenvalue weighted by molar-refractivity contribution is -0.139. The summed E-state index contributed by atoms with van der Waals surface area (Å²) in [7, 11) is 0. The first kappa shape index (κ1) is 22.9. The maximum absolute atomic E-state index is 13.2. The first-order chi connectivity index (χ1) is 15.3. The minimum absolute atomic E-state index is 0.0543. The summed E-state index contributed by atoms with van der Waals surface area (Å²) in [6.07, 6.45) is 1.81. The van der Waals surface area contributed by atoms with E-state index in [-0.39, 0.29) is 30.2 Å². The number of guanidine groups is 1. The number of nitrogens with one attached hydrogen (secondary N) is 1. The third kappa shape index (κ3) is 5.08. The van der Waals surface area contributed by atoms with E-state index in [0.29, 0.717) is 31.2 Å². The molecule has 170 valence electrons. The predicted octanol–water partition coefficient (Wildman–Crippen LogP) is 0.174. The van der Waals surface area contributed by atoms with E-state index in [9.17, 15) is 19.5 Å². The zero-order valence-corrected chi connectivity index (χ0v) is 17.7. The fourth-order valence-corrected chi connectivity index (χ4v) is 3.96. The van der Waals surface area contributed by atoms with Crippen LogP contribution in [-0.4, -0.2) is 58.9 Å². The van der Waals surface area contributed by atoms with E-state index < -0.39 is 29.8 Å². The number of hydrogen-bond acceptors (Lipinski definition) is 5. The van der Waals surface area contributed by atoms with E-state index in [0.717, 1.165) is 5.39 Å². The molecule has 1 heterocycles. The van der Waals surface area contributed by atoms with Gasteiger partial charge in [-0.3, -0.25) is 19.4 Å². The number of benzene rings is 2. The molecule has 0 aliphatic carbocycles. The van der Waals surface area contributed by atoms with Gasteiger partial charge in [0.25, 0.3) is 5.91 Å². The number of primary amides is 1. The molecule has 0 radical (unpaired) electrons. The highest BCUT2D eigenvalue weighted by atomic mass is 16.3. The Bertz CT molecular complexity index is 1050. The van der Waals surface area contributed by atoms with E-state index in [1.54, 1.807) is 18.2 Å². The average molecular weight is 441 g/mol. The molecular weight excluding hydrogens is 412 g/mol. The van der Waals surface area contributed by atoms with E-state index >= 15 is 0 Å². The second kappa shape index (κ2) is 9.99. The van der Waals surface area contributed by atoms with Crippen molar-refractivity contribution >= 4 is 34.5 Å². The number of phenols is 1. The lowest BCUT2D eigenvalue weighted by atomic mass is 10.0. The first-order valence-corrected chi connectivity index (χ1v) is 10.5. The number of carbonyl (C=O) groups is 3. The molecule has 10 heteroatoms. The van der Waals surface area contributed by atoms with Crippen LogP contribution in [0.15, 0.2) is 41.4 Å². The van der Waals surface area contributed by atoms with E-state index in [1.807, 2.05) is 12.1 Å². The first-order valence-electron chi connectivity index (χ1n) is 10.5. The van der Waals surface area contributed by atoms with Gasteiger partial charge < -0.3 is 32.5 Å². The zero-order valence-electron chi connectivity index (χ0n) is 17.7. The Kier molecular flexibility index (Phi) is 7.14. The van der Waals surface area contributed by atoms with Gasteiger partial charge in [0.1, 0.15) is 17.8 Å². The number of nitrogens with zero attached hydrogens (tertiary/aromatic N) is 2. The van der Waals surface area contributed by atoms with Crippen LogP contribution in [0.3, 0.4) is 0 Å². The normalized spacial score (nSPS) is 16.5. The number of likely N-dealkylation sites (tertiary alicyclic amines) is 1. The number of amides is 3. The largest absolute Gasteiger partial charge is 0.506 e. The summed E-state index contributed by atoms with van der Waals surface area (Å²) < 4.78 is 0. The molecule has 0 unspecified atom stereocenters. The lowest BCUT2D eigenvalue weighted by Gasteiger charge is -2.28. The van der Waals surface area contributed by atoms with Crippen molar-refractivity contribution in [3.63, 3.8) is 0 Å². The van der Waals surface area contributed by atoms with Crippen molar-refractivity contribution in [2.45, 2.75) is 37.8 Å². The highest BCUT2D eigenvalue weighted by molar-refractivity contribution is 6.05. The van der Waals surface area contributed by atoms with E-state index in [2.05, 4.69) is 10.3 Å². The Balaban J connectivity index is 1.82. The monoisotopic (exact) mass is 440 g/mol. The summed E-state index contributed by atoms with van der Waals surface area (Å²) in [6, 6.07) is 8.73. The van der Waals surface area contributed by atoms with Gasteiger partial charge >= 0.3 is 0 Å². The summed E-state index contributed by atoms with van der Waals surface area (Å²) in [5, 5.41) is 14.6. The summed E-state index contributed by atoms with van der Waals surface area (Å²) >= 11 is 0. The third-order valence-electron chi connectivity index (χ3n) is 5.56. The van der Waals surface area contributed by atoms with Crippen molar-refractivity contribution < 1.29 is 19.5 Å². The van der Waals surface area contributed by atoms with Gasteiger partial charge in [-0.05, 0) is 37.1 Å². The molecule has 1 fully saturated rings. The van der Waals surface area contributed by atoms with Crippen molar-refractivity contribution in [1.82, 2.24) is 10.2 Å². The summed E-state index contributed by atoms with van der Waals surface area (Å²) in [5.41, 5.74) is 16.2. The molecule has 2 aromatic carbocycles. The highest BCUT2D eigenvalue weighted by Crippen LogP contribution is 2.28. The lowest BCUT2D eigenvalue weighted by Crippen LogP contribution is -2.52. The molecule has 2 aromatic rings. The molecule has 0 bridgehead atoms. The molecular formula is C22H28N6O4. The van der Waals surface area contributed by atoms with Crippen LogP contribution in [0.5, 0.6) is 5.75 Å². The SMILES string of the molecule is NC(=O)[C@H]1CCCN1C(=O)[C@@H](CCCN=C(N)N)NC(=O)c1ccc2ccccc2c1O. The van der Waals surface area contributed by atoms with Gasteiger partial charge in [-0.25, -0.2) is 0 Å². The molecule has 1 aliphatic rings. The molecule has 2 atom stereocenters. The van der Waals surface area contributed by atoms with Crippen molar-refractivity contribution in [3.8, 4) is 5.75 Å². The van der Waals surface area contributed by atoms with Crippen LogP contribution >= 0.6 is 0 Å². The number of carbonyl (C=O) groups excluding carboxylic acids is 3. The zero-order chi connectivity index (χ0) is 23.3. The van der Waals surface area contributed by atoms with Crippen LogP contribution in [0.2, 0.25) is 0 Å². The van der Waals surface area contributed by atoms with Crippen molar-refractivity contribution in [2.75, 3.05) is 13.1 Å². The van der Waals surface area contributed by atoms with Crippen LogP contribution in [-0.2, 0) is 9.59 Å². The second-order valence-corrected chi connectivity index (χ2v) is 7.75. The molecule has 1 aliphatic heterocycles. The Morgan fingerprint density at radius 2 is 1.91 bits per heavy atom. The Morgan fingerprint density at radius 1 is 1.16 bits per heavy atom. The fraction of sp³-hybridized carbons (Fsp3) is 0.364. The molecule has 3 rings (SSSR count). The molecule has 1 saturated heterocycles. The topological polar surface area (TPSA) is 177 Å². The molecule has 8 N–H and O–H groups in total. The van der Waals surface area contributed by atoms with Crippen LogP contribution in [0.1, 0.15) is 36.0 Å². The molecule has 32 heavy (non-hydrogen) atoms. The quantitative estimate of drug-likeness (QED) is 0.222. The maximum Gasteiger partial charge on any atom is 0.255 e.